The number of carbonyl (C=O) groups excluding carboxylic acids is 1. The predicted octanol–water partition coefficient (Wildman–Crippen LogP) is 7.55. The third-order valence-electron chi connectivity index (χ3n) is 5.66. The van der Waals surface area contributed by atoms with Crippen molar-refractivity contribution in [2.45, 2.75) is 6.61 Å². The second-order valence-electron chi connectivity index (χ2n) is 8.22. The molecule has 0 saturated carbocycles. The van der Waals surface area contributed by atoms with Gasteiger partial charge in [0, 0.05) is 21.5 Å². The van der Waals surface area contributed by atoms with Gasteiger partial charge in [-0.15, -0.1) is 0 Å². The summed E-state index contributed by atoms with van der Waals surface area (Å²) in [5.74, 6) is 0.0561. The number of carbonyl (C=O) groups is 1. The number of nitrogens with zero attached hydrogens (tertiary/aromatic N) is 2. The summed E-state index contributed by atoms with van der Waals surface area (Å²) in [5, 5.41) is 5.69. The van der Waals surface area contributed by atoms with Crippen LogP contribution in [0, 0.1) is 0 Å². The standard InChI is InChI=1S/C30H21Cl2N3O2/c31-23-15-22(29(26(32)16-23)37-19-20-9-3-1-4-10-20)18-33-35-30(36)25-17-28(21-11-5-2-6-12-21)34-27-14-8-7-13-24(25)27/h1-18H,19H2,(H,35,36)/b33-18-. The maximum atomic E-state index is 13.2. The van der Waals surface area contributed by atoms with Gasteiger partial charge >= 0.3 is 0 Å². The minimum atomic E-state index is -0.369. The first-order chi connectivity index (χ1) is 18.1. The highest BCUT2D eigenvalue weighted by Gasteiger charge is 2.14. The Morgan fingerprint density at radius 3 is 2.38 bits per heavy atom. The number of pyridine rings is 1. The molecule has 1 N–H and O–H groups in total. The molecule has 0 aliphatic rings. The molecule has 4 aromatic carbocycles. The van der Waals surface area contributed by atoms with Gasteiger partial charge in [0.1, 0.15) is 12.4 Å². The van der Waals surface area contributed by atoms with Crippen LogP contribution in [0.4, 0.5) is 0 Å². The van der Waals surface area contributed by atoms with Crippen molar-refractivity contribution in [3.05, 3.63) is 130 Å². The number of rotatable bonds is 7. The average Bonchev–Trinajstić information content (AvgIpc) is 2.93. The number of amides is 1. The molecule has 0 aliphatic carbocycles. The molecule has 1 aromatic heterocycles. The van der Waals surface area contributed by atoms with E-state index in [9.17, 15) is 4.79 Å². The van der Waals surface area contributed by atoms with E-state index >= 15 is 0 Å². The highest BCUT2D eigenvalue weighted by molar-refractivity contribution is 6.36. The summed E-state index contributed by atoms with van der Waals surface area (Å²) in [7, 11) is 0. The molecule has 1 heterocycles. The van der Waals surface area contributed by atoms with Crippen molar-refractivity contribution in [2.24, 2.45) is 5.10 Å². The first-order valence-corrected chi connectivity index (χ1v) is 12.3. The van der Waals surface area contributed by atoms with Gasteiger partial charge in [-0.25, -0.2) is 10.4 Å². The fraction of sp³-hybridized carbons (Fsp3) is 0.0333. The number of hydrazone groups is 1. The van der Waals surface area contributed by atoms with Crippen molar-refractivity contribution < 1.29 is 9.53 Å². The fourth-order valence-corrected chi connectivity index (χ4v) is 4.46. The topological polar surface area (TPSA) is 63.6 Å². The Hall–Kier alpha value is -4.19. The molecule has 1 amide bonds. The van der Waals surface area contributed by atoms with E-state index in [0.29, 0.717) is 39.2 Å². The highest BCUT2D eigenvalue weighted by Crippen LogP contribution is 2.32. The van der Waals surface area contributed by atoms with E-state index < -0.39 is 0 Å². The Morgan fingerprint density at radius 1 is 0.892 bits per heavy atom. The van der Waals surface area contributed by atoms with Gasteiger partial charge < -0.3 is 4.74 Å². The lowest BCUT2D eigenvalue weighted by Gasteiger charge is -2.12. The van der Waals surface area contributed by atoms with Gasteiger partial charge in [-0.05, 0) is 29.8 Å². The zero-order chi connectivity index (χ0) is 25.6. The molecule has 5 nitrogen and oxygen atoms in total. The molecule has 7 heteroatoms. The largest absolute Gasteiger partial charge is 0.487 e. The van der Waals surface area contributed by atoms with E-state index in [1.807, 2.05) is 84.9 Å². The highest BCUT2D eigenvalue weighted by atomic mass is 35.5. The quantitative estimate of drug-likeness (QED) is 0.176. The second-order valence-corrected chi connectivity index (χ2v) is 9.06. The van der Waals surface area contributed by atoms with Gasteiger partial charge in [0.25, 0.3) is 5.91 Å². The van der Waals surface area contributed by atoms with Crippen LogP contribution in [0.1, 0.15) is 21.5 Å². The number of hydrogen-bond donors (Lipinski definition) is 1. The zero-order valence-electron chi connectivity index (χ0n) is 19.6. The first-order valence-electron chi connectivity index (χ1n) is 11.5. The van der Waals surface area contributed by atoms with Gasteiger partial charge in [-0.2, -0.15) is 5.10 Å². The van der Waals surface area contributed by atoms with Gasteiger partial charge in [-0.3, -0.25) is 4.79 Å². The van der Waals surface area contributed by atoms with Gasteiger partial charge in [-0.1, -0.05) is 102 Å². The summed E-state index contributed by atoms with van der Waals surface area (Å²) in [6, 6.07) is 32.0. The van der Waals surface area contributed by atoms with Gasteiger partial charge in [0.2, 0.25) is 0 Å². The summed E-state index contributed by atoms with van der Waals surface area (Å²) in [6.45, 7) is 0.320. The van der Waals surface area contributed by atoms with Crippen molar-refractivity contribution in [2.75, 3.05) is 0 Å². The smallest absolute Gasteiger partial charge is 0.272 e. The maximum absolute atomic E-state index is 13.2. The number of halogens is 2. The average molecular weight is 526 g/mol. The maximum Gasteiger partial charge on any atom is 0.272 e. The molecule has 0 radical (unpaired) electrons. The molecule has 0 saturated heterocycles. The van der Waals surface area contributed by atoms with Crippen LogP contribution in [0.2, 0.25) is 10.0 Å². The number of ether oxygens (including phenoxy) is 1. The summed E-state index contributed by atoms with van der Waals surface area (Å²) in [5.41, 5.74) is 6.95. The predicted molar refractivity (Wildman–Crippen MR) is 149 cm³/mol. The third-order valence-corrected chi connectivity index (χ3v) is 6.16. The Balaban J connectivity index is 1.41. The van der Waals surface area contributed by atoms with E-state index in [4.69, 9.17) is 32.9 Å². The van der Waals surface area contributed by atoms with Gasteiger partial charge in [0.15, 0.2) is 0 Å². The van der Waals surface area contributed by atoms with Crippen LogP contribution in [0.25, 0.3) is 22.2 Å². The summed E-state index contributed by atoms with van der Waals surface area (Å²) >= 11 is 12.6. The van der Waals surface area contributed by atoms with Crippen molar-refractivity contribution in [1.82, 2.24) is 10.4 Å². The number of hydrogen-bond acceptors (Lipinski definition) is 4. The number of benzene rings is 4. The minimum Gasteiger partial charge on any atom is -0.487 e. The Labute approximate surface area is 224 Å². The van der Waals surface area contributed by atoms with E-state index in [1.165, 1.54) is 6.21 Å². The molecule has 0 aliphatic heterocycles. The van der Waals surface area contributed by atoms with E-state index in [1.54, 1.807) is 18.2 Å². The summed E-state index contributed by atoms with van der Waals surface area (Å²) in [6.07, 6.45) is 1.47. The van der Waals surface area contributed by atoms with Gasteiger partial charge in [0.05, 0.1) is 28.0 Å². The normalized spacial score (nSPS) is 11.1. The molecule has 0 bridgehead atoms. The lowest BCUT2D eigenvalue weighted by atomic mass is 10.0. The Kier molecular flexibility index (Phi) is 7.45. The lowest BCUT2D eigenvalue weighted by Crippen LogP contribution is -2.18. The molecule has 37 heavy (non-hydrogen) atoms. The molecule has 0 atom stereocenters. The zero-order valence-corrected chi connectivity index (χ0v) is 21.1. The van der Waals surface area contributed by atoms with Crippen molar-refractivity contribution in [3.63, 3.8) is 0 Å². The SMILES string of the molecule is O=C(N/N=C\c1cc(Cl)cc(Cl)c1OCc1ccccc1)c1cc(-c2ccccc2)nc2ccccc12. The minimum absolute atomic E-state index is 0.320. The molecule has 182 valence electrons. The molecular weight excluding hydrogens is 505 g/mol. The number of fused-ring (bicyclic) bond motifs is 1. The van der Waals surface area contributed by atoms with Crippen LogP contribution >= 0.6 is 23.2 Å². The van der Waals surface area contributed by atoms with Crippen molar-refractivity contribution in [3.8, 4) is 17.0 Å². The van der Waals surface area contributed by atoms with Crippen LogP contribution in [0.5, 0.6) is 5.75 Å². The molecule has 5 rings (SSSR count). The summed E-state index contributed by atoms with van der Waals surface area (Å²) in [4.78, 5) is 18.0. The molecule has 0 unspecified atom stereocenters. The first kappa shape index (κ1) is 24.5. The summed E-state index contributed by atoms with van der Waals surface area (Å²) < 4.78 is 5.97. The lowest BCUT2D eigenvalue weighted by molar-refractivity contribution is 0.0956. The van der Waals surface area contributed by atoms with E-state index in [0.717, 1.165) is 22.0 Å². The van der Waals surface area contributed by atoms with Crippen molar-refractivity contribution in [1.29, 1.82) is 0 Å². The van der Waals surface area contributed by atoms with Crippen LogP contribution in [-0.4, -0.2) is 17.1 Å². The van der Waals surface area contributed by atoms with Crippen LogP contribution < -0.4 is 10.2 Å². The van der Waals surface area contributed by atoms with E-state index in [2.05, 4.69) is 10.5 Å². The molecular formula is C30H21Cl2N3O2. The van der Waals surface area contributed by atoms with E-state index in [-0.39, 0.29) is 5.91 Å². The number of para-hydroxylation sites is 1. The number of nitrogens with one attached hydrogen (secondary N) is 1. The molecule has 0 fully saturated rings. The van der Waals surface area contributed by atoms with Crippen LogP contribution in [0.15, 0.2) is 108 Å². The third kappa shape index (κ3) is 5.80. The Morgan fingerprint density at radius 2 is 1.59 bits per heavy atom. The molecule has 0 spiro atoms. The molecule has 5 aromatic rings. The fourth-order valence-electron chi connectivity index (χ4n) is 3.90. The van der Waals surface area contributed by atoms with Crippen molar-refractivity contribution >= 4 is 46.2 Å². The number of aromatic nitrogens is 1. The monoisotopic (exact) mass is 525 g/mol. The second kappa shape index (κ2) is 11.2. The van der Waals surface area contributed by atoms with Crippen LogP contribution in [-0.2, 0) is 6.61 Å². The van der Waals surface area contributed by atoms with Crippen LogP contribution in [0.3, 0.4) is 0 Å². The Bertz CT molecular complexity index is 1590.